The molecule has 269 valence electrons. The molecule has 6 aromatic rings. The van der Waals surface area contributed by atoms with Crippen LogP contribution in [0.4, 0.5) is 4.39 Å². The van der Waals surface area contributed by atoms with Crippen molar-refractivity contribution < 1.29 is 39.9 Å². The summed E-state index contributed by atoms with van der Waals surface area (Å²) >= 11 is 0. The Morgan fingerprint density at radius 1 is 1.00 bits per heavy atom. The predicted molar refractivity (Wildman–Crippen MR) is 208 cm³/mol. The van der Waals surface area contributed by atoms with E-state index in [9.17, 15) is 4.39 Å². The summed E-state index contributed by atoms with van der Waals surface area (Å²) in [5.41, 5.74) is 3.97. The SMILES string of the molecule is [2H]C([2H])([2H])c1ccc2c(n1)oc1c(-c3cc(C([2H])([2H])C4CCCC4)c(C([2H])(C)C)cn3)[c-]cc(F)c12.[2H]C([2H])(c1cc(-c2[c-]cccc2)ncc1[Si](C)(C)C)C(C)C.[Ir]. The molecule has 1 fully saturated rings. The molecular weight excluding hydrogens is 826 g/mol. The average Bonchev–Trinajstić information content (AvgIpc) is 3.84. The largest absolute Gasteiger partial charge is 0.486 e. The quantitative estimate of drug-likeness (QED) is 0.113. The van der Waals surface area contributed by atoms with Crippen LogP contribution in [-0.4, -0.2) is 23.0 Å². The summed E-state index contributed by atoms with van der Waals surface area (Å²) in [7, 11) is -1.67. The number of fused-ring (bicyclic) bond motifs is 3. The zero-order valence-corrected chi connectivity index (χ0v) is 33.7. The van der Waals surface area contributed by atoms with Crippen LogP contribution in [0.5, 0.6) is 0 Å². The molecule has 1 aliphatic carbocycles. The van der Waals surface area contributed by atoms with Gasteiger partial charge in [-0.3, -0.25) is 4.39 Å². The molecule has 1 aliphatic rings. The number of aromatic nitrogens is 3. The minimum absolute atomic E-state index is 0. The fourth-order valence-corrected chi connectivity index (χ4v) is 7.84. The number of nitrogens with zero attached hydrogens (tertiary/aromatic N) is 3. The Balaban J connectivity index is 0.000000248. The molecule has 7 heteroatoms. The van der Waals surface area contributed by atoms with Gasteiger partial charge in [0.05, 0.1) is 13.7 Å². The Hall–Kier alpha value is -3.51. The van der Waals surface area contributed by atoms with Crippen molar-refractivity contribution in [3.63, 3.8) is 0 Å². The second-order valence-corrected chi connectivity index (χ2v) is 19.6. The number of aryl methyl sites for hydroxylation is 1. The average molecular weight is 884 g/mol. The molecule has 0 amide bonds. The molecule has 4 heterocycles. The van der Waals surface area contributed by atoms with E-state index in [2.05, 4.69) is 46.7 Å². The number of furan rings is 1. The Bertz CT molecular complexity index is 2440. The fourth-order valence-electron chi connectivity index (χ4n) is 6.44. The molecule has 1 saturated carbocycles. The maximum atomic E-state index is 14.9. The molecule has 0 saturated heterocycles. The molecule has 0 aliphatic heterocycles. The van der Waals surface area contributed by atoms with E-state index in [1.807, 2.05) is 50.4 Å². The standard InChI is InChI=1S/C26H26FN2O.C18H24NSi.Ir/c1-15(2)21-14-28-23(13-18(21)12-17-6-4-5-7-17)19-10-11-22(27)24-20-9-8-16(3)29-26(20)30-25(19)24;1-14(2)11-16-12-17(15-9-7-6-8-10-15)19-13-18(16)20(3,4)5;/h8-9,11,13-15,17H,4-7,12H2,1-3H3;6-9,12-14H,11H2,1-5H3;/q2*-1;/i3D3,12D2,15D;11D2;. The van der Waals surface area contributed by atoms with E-state index in [4.69, 9.17) is 15.4 Å². The van der Waals surface area contributed by atoms with Crippen molar-refractivity contribution in [3.05, 3.63) is 107 Å². The first kappa shape index (κ1) is 29.0. The summed E-state index contributed by atoms with van der Waals surface area (Å²) in [4.78, 5) is 13.2. The van der Waals surface area contributed by atoms with E-state index in [1.165, 1.54) is 24.4 Å². The van der Waals surface area contributed by atoms with Gasteiger partial charge >= 0.3 is 0 Å². The topological polar surface area (TPSA) is 51.8 Å². The second-order valence-electron chi connectivity index (χ2n) is 14.5. The first-order valence-electron chi connectivity index (χ1n) is 21.4. The van der Waals surface area contributed by atoms with E-state index in [0.717, 1.165) is 47.7 Å². The van der Waals surface area contributed by atoms with Gasteiger partial charge in [-0.05, 0) is 82.5 Å². The Labute approximate surface area is 329 Å². The third kappa shape index (κ3) is 8.93. The summed E-state index contributed by atoms with van der Waals surface area (Å²) in [6.07, 6.45) is 3.86. The van der Waals surface area contributed by atoms with Crippen molar-refractivity contribution in [3.8, 4) is 22.5 Å². The first-order chi connectivity index (χ1) is 26.9. The summed E-state index contributed by atoms with van der Waals surface area (Å²) in [6, 6.07) is 21.3. The smallest absolute Gasteiger partial charge is 0.216 e. The van der Waals surface area contributed by atoms with Crippen LogP contribution in [0.3, 0.4) is 0 Å². The summed E-state index contributed by atoms with van der Waals surface area (Å²) < 4.78 is 87.4. The molecule has 0 bridgehead atoms. The first-order valence-corrected chi connectivity index (χ1v) is 20.9. The Morgan fingerprint density at radius 2 is 1.75 bits per heavy atom. The number of hydrogen-bond donors (Lipinski definition) is 0. The minimum Gasteiger partial charge on any atom is -0.486 e. The Morgan fingerprint density at radius 3 is 2.41 bits per heavy atom. The third-order valence-electron chi connectivity index (χ3n) is 8.92. The predicted octanol–water partition coefficient (Wildman–Crippen LogP) is 11.4. The van der Waals surface area contributed by atoms with E-state index in [-0.39, 0.29) is 54.3 Å². The zero-order chi connectivity index (χ0) is 42.6. The summed E-state index contributed by atoms with van der Waals surface area (Å²) in [5, 5.41) is 1.57. The van der Waals surface area contributed by atoms with E-state index in [1.54, 1.807) is 19.9 Å². The zero-order valence-electron chi connectivity index (χ0n) is 38.3. The minimum atomic E-state index is -2.44. The number of halogens is 1. The van der Waals surface area contributed by atoms with Crippen LogP contribution >= 0.6 is 0 Å². The van der Waals surface area contributed by atoms with Crippen LogP contribution in [0, 0.1) is 36.6 Å². The van der Waals surface area contributed by atoms with Crippen molar-refractivity contribution in [1.29, 1.82) is 0 Å². The van der Waals surface area contributed by atoms with Gasteiger partial charge in [-0.2, -0.15) is 0 Å². The summed E-state index contributed by atoms with van der Waals surface area (Å²) in [5.74, 6) is -1.93. The molecule has 51 heavy (non-hydrogen) atoms. The normalized spacial score (nSPS) is 16.9. The maximum absolute atomic E-state index is 14.9. The van der Waals surface area contributed by atoms with E-state index >= 15 is 0 Å². The molecule has 0 atom stereocenters. The van der Waals surface area contributed by atoms with Crippen LogP contribution in [0.25, 0.3) is 44.6 Å². The molecule has 7 rings (SSSR count). The molecule has 0 spiro atoms. The van der Waals surface area contributed by atoms with Gasteiger partial charge in [0, 0.05) is 60.4 Å². The van der Waals surface area contributed by atoms with Crippen molar-refractivity contribution in [1.82, 2.24) is 15.0 Å². The maximum Gasteiger partial charge on any atom is 0.216 e. The molecule has 1 radical (unpaired) electrons. The Kier molecular flexibility index (Phi) is 9.35. The van der Waals surface area contributed by atoms with E-state index in [0.29, 0.717) is 27.8 Å². The molecule has 4 aromatic heterocycles. The van der Waals surface area contributed by atoms with Gasteiger partial charge in [-0.1, -0.05) is 96.3 Å². The van der Waals surface area contributed by atoms with Gasteiger partial charge in [0.2, 0.25) is 5.71 Å². The molecule has 0 N–H and O–H groups in total. The second kappa shape index (κ2) is 16.4. The number of benzene rings is 2. The van der Waals surface area contributed by atoms with E-state index < -0.39 is 39.4 Å². The molecule has 2 aromatic carbocycles. The monoisotopic (exact) mass is 884 g/mol. The van der Waals surface area contributed by atoms with Gasteiger partial charge in [0.25, 0.3) is 0 Å². The van der Waals surface area contributed by atoms with Crippen LogP contribution in [0.2, 0.25) is 19.6 Å². The van der Waals surface area contributed by atoms with Crippen LogP contribution in [0.1, 0.15) is 92.6 Å². The van der Waals surface area contributed by atoms with Crippen LogP contribution in [0.15, 0.2) is 71.4 Å². The van der Waals surface area contributed by atoms with Gasteiger partial charge in [0.1, 0.15) is 0 Å². The molecule has 0 unspecified atom stereocenters. The number of rotatable bonds is 8. The van der Waals surface area contributed by atoms with Crippen molar-refractivity contribution in [2.75, 3.05) is 0 Å². The summed E-state index contributed by atoms with van der Waals surface area (Å²) in [6.45, 7) is 11.5. The van der Waals surface area contributed by atoms with Crippen molar-refractivity contribution >= 4 is 35.3 Å². The molecule has 4 nitrogen and oxygen atoms in total. The van der Waals surface area contributed by atoms with Gasteiger partial charge in [-0.25, -0.2) is 4.98 Å². The van der Waals surface area contributed by atoms with Crippen LogP contribution in [-0.2, 0) is 32.9 Å². The van der Waals surface area contributed by atoms with Crippen molar-refractivity contribution in [2.45, 2.75) is 98.5 Å². The third-order valence-corrected chi connectivity index (χ3v) is 10.9. The van der Waals surface area contributed by atoms with Crippen molar-refractivity contribution in [2.24, 2.45) is 11.8 Å². The number of hydrogen-bond acceptors (Lipinski definition) is 4. The van der Waals surface area contributed by atoms with Gasteiger partial charge in [-0.15, -0.1) is 48.0 Å². The fraction of sp³-hybridized carbons (Fsp3) is 0.386. The molecular formula is C44H50FIrN3OSi-2. The number of pyridine rings is 3. The van der Waals surface area contributed by atoms with Gasteiger partial charge in [0.15, 0.2) is 0 Å². The van der Waals surface area contributed by atoms with Gasteiger partial charge < -0.3 is 14.4 Å². The van der Waals surface area contributed by atoms with Crippen LogP contribution < -0.4 is 5.19 Å².